The van der Waals surface area contributed by atoms with E-state index in [2.05, 4.69) is 22.5 Å². The van der Waals surface area contributed by atoms with Gasteiger partial charge in [-0.25, -0.2) is 0 Å². The fourth-order valence-electron chi connectivity index (χ4n) is 2.34. The van der Waals surface area contributed by atoms with Crippen molar-refractivity contribution in [2.24, 2.45) is 5.92 Å². The molecule has 0 radical (unpaired) electrons. The number of hydrogen-bond donors (Lipinski definition) is 3. The molecule has 1 heterocycles. The summed E-state index contributed by atoms with van der Waals surface area (Å²) in [5.41, 5.74) is 0.964. The summed E-state index contributed by atoms with van der Waals surface area (Å²) < 4.78 is 5.10. The molecule has 3 N–H and O–H groups in total. The quantitative estimate of drug-likeness (QED) is 0.546. The Morgan fingerprint density at radius 2 is 2.15 bits per heavy atom. The molecule has 1 saturated heterocycles. The SMILES string of the molecule is C=COCCC1C(=O)NC(Nc2ccccc2)NC1C. The summed E-state index contributed by atoms with van der Waals surface area (Å²) in [6, 6.07) is 9.86. The Kier molecular flexibility index (Phi) is 5.01. The Balaban J connectivity index is 1.89. The Hall–Kier alpha value is -2.01. The molecule has 0 aromatic heterocycles. The highest BCUT2D eigenvalue weighted by Gasteiger charge is 2.32. The predicted octanol–water partition coefficient (Wildman–Crippen LogP) is 1.66. The smallest absolute Gasteiger partial charge is 0.227 e. The molecule has 0 aliphatic carbocycles. The van der Waals surface area contributed by atoms with Crippen molar-refractivity contribution >= 4 is 11.6 Å². The van der Waals surface area contributed by atoms with Crippen LogP contribution in [0.4, 0.5) is 5.69 Å². The van der Waals surface area contributed by atoms with Gasteiger partial charge in [0.25, 0.3) is 0 Å². The summed E-state index contributed by atoms with van der Waals surface area (Å²) in [5.74, 6) is -0.0545. The second kappa shape index (κ2) is 6.96. The molecule has 5 nitrogen and oxygen atoms in total. The third-order valence-electron chi connectivity index (χ3n) is 3.41. The number of carbonyl (C=O) groups excluding carboxylic acids is 1. The number of nitrogens with one attached hydrogen (secondary N) is 3. The van der Waals surface area contributed by atoms with E-state index in [1.165, 1.54) is 6.26 Å². The van der Waals surface area contributed by atoms with Gasteiger partial charge in [0.05, 0.1) is 18.8 Å². The summed E-state index contributed by atoms with van der Waals surface area (Å²) in [6.45, 7) is 6.01. The molecule has 5 heteroatoms. The molecule has 108 valence electrons. The number of hydrogen-bond acceptors (Lipinski definition) is 4. The van der Waals surface area contributed by atoms with Crippen LogP contribution >= 0.6 is 0 Å². The van der Waals surface area contributed by atoms with Crippen LogP contribution in [0.1, 0.15) is 13.3 Å². The normalized spacial score (nSPS) is 25.6. The maximum absolute atomic E-state index is 12.1. The zero-order chi connectivity index (χ0) is 14.4. The Morgan fingerprint density at radius 3 is 2.80 bits per heavy atom. The topological polar surface area (TPSA) is 62.4 Å². The Bertz CT molecular complexity index is 450. The van der Waals surface area contributed by atoms with Gasteiger partial charge in [-0.05, 0) is 25.5 Å². The van der Waals surface area contributed by atoms with Crippen molar-refractivity contribution in [3.05, 3.63) is 43.2 Å². The molecule has 1 fully saturated rings. The first-order valence-electron chi connectivity index (χ1n) is 6.81. The third-order valence-corrected chi connectivity index (χ3v) is 3.41. The second-order valence-corrected chi connectivity index (χ2v) is 4.84. The van der Waals surface area contributed by atoms with Crippen LogP contribution in [0.3, 0.4) is 0 Å². The molecule has 1 amide bonds. The van der Waals surface area contributed by atoms with Gasteiger partial charge in [-0.2, -0.15) is 0 Å². The lowest BCUT2D eigenvalue weighted by molar-refractivity contribution is -0.129. The van der Waals surface area contributed by atoms with Gasteiger partial charge in [0.1, 0.15) is 0 Å². The fourth-order valence-corrected chi connectivity index (χ4v) is 2.34. The van der Waals surface area contributed by atoms with E-state index in [1.54, 1.807) is 0 Å². The van der Waals surface area contributed by atoms with Crippen LogP contribution in [0.15, 0.2) is 43.2 Å². The maximum Gasteiger partial charge on any atom is 0.227 e. The van der Waals surface area contributed by atoms with Crippen LogP contribution in [-0.2, 0) is 9.53 Å². The van der Waals surface area contributed by atoms with Gasteiger partial charge < -0.3 is 15.4 Å². The molecular formula is C15H21N3O2. The van der Waals surface area contributed by atoms with Crippen molar-refractivity contribution < 1.29 is 9.53 Å². The van der Waals surface area contributed by atoms with Crippen LogP contribution in [0.2, 0.25) is 0 Å². The minimum atomic E-state index is -0.253. The minimum absolute atomic E-state index is 0.0392. The molecule has 20 heavy (non-hydrogen) atoms. The second-order valence-electron chi connectivity index (χ2n) is 4.84. The third kappa shape index (κ3) is 3.74. The summed E-state index contributed by atoms with van der Waals surface area (Å²) in [4.78, 5) is 12.1. The standard InChI is InChI=1S/C15H21N3O2/c1-3-20-10-9-13-11(2)16-15(18-14(13)19)17-12-7-5-4-6-8-12/h3-8,11,13,15-17H,1,9-10H2,2H3,(H,18,19). The van der Waals surface area contributed by atoms with Gasteiger partial charge >= 0.3 is 0 Å². The van der Waals surface area contributed by atoms with Gasteiger partial charge in [-0.1, -0.05) is 24.8 Å². The Labute approximate surface area is 119 Å². The van der Waals surface area contributed by atoms with Gasteiger partial charge in [-0.15, -0.1) is 0 Å². The summed E-state index contributed by atoms with van der Waals surface area (Å²) in [6.07, 6.45) is 1.82. The number of carbonyl (C=O) groups is 1. The predicted molar refractivity (Wildman–Crippen MR) is 78.8 cm³/mol. The van der Waals surface area contributed by atoms with Crippen molar-refractivity contribution in [1.29, 1.82) is 0 Å². The highest BCUT2D eigenvalue weighted by Crippen LogP contribution is 2.15. The summed E-state index contributed by atoms with van der Waals surface area (Å²) >= 11 is 0. The average molecular weight is 275 g/mol. The molecule has 3 atom stereocenters. The zero-order valence-electron chi connectivity index (χ0n) is 11.6. The Morgan fingerprint density at radius 1 is 1.40 bits per heavy atom. The van der Waals surface area contributed by atoms with Gasteiger partial charge in [0.2, 0.25) is 5.91 Å². The number of para-hydroxylation sites is 1. The van der Waals surface area contributed by atoms with E-state index in [1.807, 2.05) is 37.3 Å². The van der Waals surface area contributed by atoms with E-state index in [4.69, 9.17) is 4.74 Å². The van der Waals surface area contributed by atoms with Crippen molar-refractivity contribution in [2.75, 3.05) is 11.9 Å². The van der Waals surface area contributed by atoms with E-state index in [-0.39, 0.29) is 24.2 Å². The molecule has 1 aromatic carbocycles. The number of anilines is 1. The van der Waals surface area contributed by atoms with Crippen molar-refractivity contribution in [2.45, 2.75) is 25.7 Å². The molecule has 0 spiro atoms. The lowest BCUT2D eigenvalue weighted by Gasteiger charge is -2.36. The molecule has 1 aromatic rings. The monoisotopic (exact) mass is 275 g/mol. The van der Waals surface area contributed by atoms with Gasteiger partial charge in [0, 0.05) is 11.7 Å². The largest absolute Gasteiger partial charge is 0.502 e. The number of benzene rings is 1. The maximum atomic E-state index is 12.1. The van der Waals surface area contributed by atoms with E-state index in [0.29, 0.717) is 13.0 Å². The van der Waals surface area contributed by atoms with E-state index in [9.17, 15) is 4.79 Å². The highest BCUT2D eigenvalue weighted by molar-refractivity contribution is 5.80. The van der Waals surface area contributed by atoms with E-state index < -0.39 is 0 Å². The van der Waals surface area contributed by atoms with E-state index >= 15 is 0 Å². The van der Waals surface area contributed by atoms with Crippen LogP contribution in [0.5, 0.6) is 0 Å². The van der Waals surface area contributed by atoms with Crippen molar-refractivity contribution in [3.63, 3.8) is 0 Å². The van der Waals surface area contributed by atoms with Crippen molar-refractivity contribution in [3.8, 4) is 0 Å². The number of amides is 1. The molecule has 0 bridgehead atoms. The van der Waals surface area contributed by atoms with Gasteiger partial charge in [-0.3, -0.25) is 10.1 Å². The van der Waals surface area contributed by atoms with Crippen LogP contribution in [0.25, 0.3) is 0 Å². The first-order chi connectivity index (χ1) is 9.70. The number of rotatable bonds is 6. The molecule has 0 saturated carbocycles. The van der Waals surface area contributed by atoms with E-state index in [0.717, 1.165) is 5.69 Å². The van der Waals surface area contributed by atoms with Crippen LogP contribution in [-0.4, -0.2) is 24.8 Å². The molecule has 1 aliphatic rings. The molecular weight excluding hydrogens is 254 g/mol. The average Bonchev–Trinajstić information content (AvgIpc) is 2.43. The molecule has 3 unspecified atom stereocenters. The summed E-state index contributed by atoms with van der Waals surface area (Å²) in [5, 5.41) is 9.52. The fraction of sp³-hybridized carbons (Fsp3) is 0.400. The minimum Gasteiger partial charge on any atom is -0.502 e. The summed E-state index contributed by atoms with van der Waals surface area (Å²) in [7, 11) is 0. The first-order valence-corrected chi connectivity index (χ1v) is 6.81. The first kappa shape index (κ1) is 14.4. The highest BCUT2D eigenvalue weighted by atomic mass is 16.5. The zero-order valence-corrected chi connectivity index (χ0v) is 11.6. The lowest BCUT2D eigenvalue weighted by Crippen LogP contribution is -2.63. The number of ether oxygens (including phenoxy) is 1. The van der Waals surface area contributed by atoms with Crippen molar-refractivity contribution in [1.82, 2.24) is 10.6 Å². The van der Waals surface area contributed by atoms with Crippen LogP contribution < -0.4 is 16.0 Å². The lowest BCUT2D eigenvalue weighted by atomic mass is 9.95. The van der Waals surface area contributed by atoms with Crippen LogP contribution in [0, 0.1) is 5.92 Å². The molecule has 2 rings (SSSR count). The van der Waals surface area contributed by atoms with Gasteiger partial charge in [0.15, 0.2) is 6.29 Å². The molecule has 1 aliphatic heterocycles.